The first-order valence-corrected chi connectivity index (χ1v) is 10.2. The van der Waals surface area contributed by atoms with Gasteiger partial charge >= 0.3 is 0 Å². The lowest BCUT2D eigenvalue weighted by molar-refractivity contribution is 0.324. The van der Waals surface area contributed by atoms with E-state index >= 15 is 0 Å². The fraction of sp³-hybridized carbons (Fsp3) is 0.280. The van der Waals surface area contributed by atoms with Crippen molar-refractivity contribution in [3.05, 3.63) is 71.1 Å². The molecule has 0 atom stereocenters. The van der Waals surface area contributed by atoms with E-state index in [0.29, 0.717) is 23.2 Å². The fourth-order valence-electron chi connectivity index (χ4n) is 3.32. The van der Waals surface area contributed by atoms with Crippen LogP contribution >= 0.6 is 0 Å². The molecule has 1 N–H and O–H groups in total. The van der Waals surface area contributed by atoms with Crippen LogP contribution in [0.15, 0.2) is 48.7 Å². The average molecular weight is 420 g/mol. The Labute approximate surface area is 183 Å². The fourth-order valence-corrected chi connectivity index (χ4v) is 3.32. The van der Waals surface area contributed by atoms with E-state index in [1.807, 2.05) is 37.4 Å². The number of ether oxygens (including phenoxy) is 3. The second-order valence-corrected chi connectivity index (χ2v) is 6.98. The Morgan fingerprint density at radius 3 is 2.13 bits per heavy atom. The number of benzene rings is 2. The number of rotatable bonds is 9. The van der Waals surface area contributed by atoms with Gasteiger partial charge < -0.3 is 19.5 Å². The third-order valence-corrected chi connectivity index (χ3v) is 4.97. The molecule has 0 bridgehead atoms. The molecule has 0 aliphatic heterocycles. The Bertz CT molecular complexity index is 1020. The first kappa shape index (κ1) is 22.2. The highest BCUT2D eigenvalue weighted by Crippen LogP contribution is 2.40. The third kappa shape index (κ3) is 5.34. The van der Waals surface area contributed by atoms with E-state index in [1.54, 1.807) is 21.3 Å². The van der Waals surface area contributed by atoms with Gasteiger partial charge in [-0.1, -0.05) is 43.3 Å². The average Bonchev–Trinajstić information content (AvgIpc) is 2.80. The summed E-state index contributed by atoms with van der Waals surface area (Å²) in [4.78, 5) is 9.28. The molecule has 0 fully saturated rings. The summed E-state index contributed by atoms with van der Waals surface area (Å²) in [5, 5.41) is 3.26. The summed E-state index contributed by atoms with van der Waals surface area (Å²) in [6.07, 6.45) is 7.60. The van der Waals surface area contributed by atoms with Gasteiger partial charge in [0.2, 0.25) is 11.7 Å². The van der Waals surface area contributed by atoms with Gasteiger partial charge in [0, 0.05) is 36.0 Å². The number of allylic oxidation sites excluding steroid dienone is 1. The van der Waals surface area contributed by atoms with Gasteiger partial charge in [-0.3, -0.25) is 0 Å². The number of nitrogens with one attached hydrogen (secondary N) is 1. The molecule has 162 valence electrons. The van der Waals surface area contributed by atoms with Gasteiger partial charge in [0.25, 0.3) is 0 Å². The number of aromatic nitrogens is 2. The van der Waals surface area contributed by atoms with E-state index in [-0.39, 0.29) is 0 Å². The van der Waals surface area contributed by atoms with Crippen molar-refractivity contribution in [2.75, 3.05) is 26.6 Å². The number of methoxy groups -OCH3 is 3. The number of aryl methyl sites for hydroxylation is 1. The van der Waals surface area contributed by atoms with Crippen LogP contribution in [0, 0.1) is 0 Å². The van der Waals surface area contributed by atoms with Crippen molar-refractivity contribution in [2.45, 2.75) is 26.7 Å². The molecule has 0 saturated heterocycles. The van der Waals surface area contributed by atoms with Gasteiger partial charge in [-0.25, -0.2) is 9.97 Å². The Morgan fingerprint density at radius 1 is 0.935 bits per heavy atom. The van der Waals surface area contributed by atoms with Crippen molar-refractivity contribution >= 4 is 17.7 Å². The Morgan fingerprint density at radius 2 is 1.58 bits per heavy atom. The summed E-state index contributed by atoms with van der Waals surface area (Å²) in [6.45, 7) is 4.15. The second-order valence-electron chi connectivity index (χ2n) is 6.98. The van der Waals surface area contributed by atoms with Gasteiger partial charge in [-0.2, -0.15) is 0 Å². The van der Waals surface area contributed by atoms with E-state index in [4.69, 9.17) is 19.2 Å². The largest absolute Gasteiger partial charge is 0.493 e. The molecule has 0 saturated carbocycles. The molecular formula is C25H29N3O3. The zero-order valence-electron chi connectivity index (χ0n) is 18.7. The molecule has 0 radical (unpaired) electrons. The van der Waals surface area contributed by atoms with Crippen LogP contribution in [0.3, 0.4) is 0 Å². The zero-order chi connectivity index (χ0) is 22.2. The number of hydrogen-bond acceptors (Lipinski definition) is 6. The highest BCUT2D eigenvalue weighted by Gasteiger charge is 2.14. The van der Waals surface area contributed by atoms with E-state index in [0.717, 1.165) is 29.8 Å². The van der Waals surface area contributed by atoms with E-state index < -0.39 is 0 Å². The van der Waals surface area contributed by atoms with Crippen molar-refractivity contribution in [1.82, 2.24) is 9.97 Å². The summed E-state index contributed by atoms with van der Waals surface area (Å²) < 4.78 is 16.3. The molecule has 3 rings (SSSR count). The highest BCUT2D eigenvalue weighted by molar-refractivity contribution is 5.66. The molecule has 31 heavy (non-hydrogen) atoms. The first-order chi connectivity index (χ1) is 15.1. The van der Waals surface area contributed by atoms with E-state index in [2.05, 4.69) is 41.5 Å². The first-order valence-electron chi connectivity index (χ1n) is 10.2. The van der Waals surface area contributed by atoms with Crippen LogP contribution in [0.2, 0.25) is 0 Å². The van der Waals surface area contributed by atoms with Gasteiger partial charge in [-0.15, -0.1) is 0 Å². The number of hydrogen-bond donors (Lipinski definition) is 1. The summed E-state index contributed by atoms with van der Waals surface area (Å²) in [5.74, 6) is 2.16. The molecule has 0 unspecified atom stereocenters. The minimum absolute atomic E-state index is 0.503. The van der Waals surface area contributed by atoms with Crippen LogP contribution in [0.5, 0.6) is 17.2 Å². The van der Waals surface area contributed by atoms with Gasteiger partial charge in [0.1, 0.15) is 0 Å². The smallest absolute Gasteiger partial charge is 0.227 e. The molecule has 6 nitrogen and oxygen atoms in total. The Kier molecular flexibility index (Phi) is 7.49. The maximum absolute atomic E-state index is 5.43. The summed E-state index contributed by atoms with van der Waals surface area (Å²) >= 11 is 0. The molecule has 1 aromatic heterocycles. The molecule has 3 aromatic rings. The predicted molar refractivity (Wildman–Crippen MR) is 125 cm³/mol. The summed E-state index contributed by atoms with van der Waals surface area (Å²) in [5.41, 5.74) is 5.22. The lowest BCUT2D eigenvalue weighted by Crippen LogP contribution is -2.04. The van der Waals surface area contributed by atoms with Crippen molar-refractivity contribution in [2.24, 2.45) is 0 Å². The van der Waals surface area contributed by atoms with Crippen LogP contribution in [0.4, 0.5) is 11.6 Å². The van der Waals surface area contributed by atoms with Crippen LogP contribution in [0.25, 0.3) is 6.08 Å². The molecule has 1 heterocycles. The van der Waals surface area contributed by atoms with Crippen LogP contribution < -0.4 is 19.5 Å². The Balaban J connectivity index is 1.92. The van der Waals surface area contributed by atoms with E-state index in [1.165, 1.54) is 11.1 Å². The van der Waals surface area contributed by atoms with Gasteiger partial charge in [0.05, 0.1) is 27.0 Å². The van der Waals surface area contributed by atoms with Crippen LogP contribution in [-0.4, -0.2) is 31.3 Å². The maximum Gasteiger partial charge on any atom is 0.227 e. The van der Waals surface area contributed by atoms with Crippen LogP contribution in [0.1, 0.15) is 36.2 Å². The predicted octanol–water partition coefficient (Wildman–Crippen LogP) is 5.43. The van der Waals surface area contributed by atoms with E-state index in [9.17, 15) is 0 Å². The summed E-state index contributed by atoms with van der Waals surface area (Å²) in [7, 11) is 4.76. The topological polar surface area (TPSA) is 65.5 Å². The molecule has 2 aromatic carbocycles. The maximum atomic E-state index is 5.43. The molecule has 0 spiro atoms. The molecular weight excluding hydrogens is 390 g/mol. The molecule has 6 heteroatoms. The molecule has 0 amide bonds. The lowest BCUT2D eigenvalue weighted by atomic mass is 10.0. The zero-order valence-corrected chi connectivity index (χ0v) is 18.7. The standard InChI is InChI=1S/C25H29N3O3/c1-6-8-19-16-26-25(28-21(19)13-18-11-9-17(7-2)10-12-18)27-20-14-22(29-3)24(31-5)23(15-20)30-4/h6,8-12,14-16H,7,13H2,1-5H3,(H,26,27,28)/b8-6-. The second kappa shape index (κ2) is 10.5. The quantitative estimate of drug-likeness (QED) is 0.499. The minimum atomic E-state index is 0.503. The van der Waals surface area contributed by atoms with Crippen molar-refractivity contribution < 1.29 is 14.2 Å². The molecule has 0 aliphatic carbocycles. The molecule has 0 aliphatic rings. The monoisotopic (exact) mass is 419 g/mol. The summed E-state index contributed by atoms with van der Waals surface area (Å²) in [6, 6.07) is 12.3. The lowest BCUT2D eigenvalue weighted by Gasteiger charge is -2.15. The number of anilines is 2. The van der Waals surface area contributed by atoms with Crippen molar-refractivity contribution in [1.29, 1.82) is 0 Å². The number of nitrogens with zero attached hydrogens (tertiary/aromatic N) is 2. The highest BCUT2D eigenvalue weighted by atomic mass is 16.5. The normalized spacial score (nSPS) is 10.9. The van der Waals surface area contributed by atoms with Crippen molar-refractivity contribution in [3.8, 4) is 17.2 Å². The minimum Gasteiger partial charge on any atom is -0.493 e. The third-order valence-electron chi connectivity index (χ3n) is 4.97. The Hall–Kier alpha value is -3.54. The SMILES string of the molecule is C/C=C\c1cnc(Nc2cc(OC)c(OC)c(OC)c2)nc1Cc1ccc(CC)cc1. The van der Waals surface area contributed by atoms with Gasteiger partial charge in [-0.05, 0) is 24.5 Å². The van der Waals surface area contributed by atoms with Crippen LogP contribution in [-0.2, 0) is 12.8 Å². The van der Waals surface area contributed by atoms with Crippen molar-refractivity contribution in [3.63, 3.8) is 0 Å². The van der Waals surface area contributed by atoms with Gasteiger partial charge in [0.15, 0.2) is 11.5 Å².